The molecule has 120 valence electrons. The van der Waals surface area contributed by atoms with E-state index in [4.69, 9.17) is 5.11 Å². The fraction of sp³-hybridized carbons (Fsp3) is 0.556. The van der Waals surface area contributed by atoms with E-state index in [9.17, 15) is 9.59 Å². The van der Waals surface area contributed by atoms with Crippen molar-refractivity contribution >= 4 is 11.9 Å². The lowest BCUT2D eigenvalue weighted by Gasteiger charge is -2.32. The Balaban J connectivity index is 1.81. The molecule has 1 heterocycles. The Bertz CT molecular complexity index is 527. The Kier molecular flexibility index (Phi) is 5.99. The molecule has 1 N–H and O–H groups in total. The maximum Gasteiger partial charge on any atom is 0.303 e. The van der Waals surface area contributed by atoms with Gasteiger partial charge in [-0.2, -0.15) is 0 Å². The molecule has 4 nitrogen and oxygen atoms in total. The number of likely N-dealkylation sites (tertiary alicyclic amines) is 1. The second kappa shape index (κ2) is 7.97. The van der Waals surface area contributed by atoms with Gasteiger partial charge < -0.3 is 10.0 Å². The fourth-order valence-electron chi connectivity index (χ4n) is 3.15. The number of nitrogens with zero attached hydrogens (tertiary/aromatic N) is 1. The van der Waals surface area contributed by atoms with Crippen LogP contribution in [0.3, 0.4) is 0 Å². The number of aliphatic carboxylic acids is 1. The van der Waals surface area contributed by atoms with Crippen LogP contribution in [0.1, 0.15) is 43.2 Å². The molecule has 1 aromatic carbocycles. The predicted molar refractivity (Wildman–Crippen MR) is 85.7 cm³/mol. The Labute approximate surface area is 132 Å². The van der Waals surface area contributed by atoms with E-state index >= 15 is 0 Å². The number of piperidine rings is 1. The van der Waals surface area contributed by atoms with Crippen molar-refractivity contribution in [2.45, 2.75) is 45.4 Å². The van der Waals surface area contributed by atoms with Crippen LogP contribution in [0.2, 0.25) is 0 Å². The molecule has 0 saturated carbocycles. The number of benzene rings is 1. The second-order valence-corrected chi connectivity index (χ2v) is 6.21. The number of hydrogen-bond acceptors (Lipinski definition) is 2. The van der Waals surface area contributed by atoms with Gasteiger partial charge in [-0.25, -0.2) is 0 Å². The van der Waals surface area contributed by atoms with E-state index in [-0.39, 0.29) is 12.3 Å². The number of hydrogen-bond donors (Lipinski definition) is 1. The molecule has 1 aromatic rings. The summed E-state index contributed by atoms with van der Waals surface area (Å²) in [4.78, 5) is 25.0. The van der Waals surface area contributed by atoms with Crippen molar-refractivity contribution in [1.29, 1.82) is 0 Å². The first-order valence-corrected chi connectivity index (χ1v) is 8.10. The zero-order chi connectivity index (χ0) is 15.9. The summed E-state index contributed by atoms with van der Waals surface area (Å²) in [7, 11) is 0. The van der Waals surface area contributed by atoms with Gasteiger partial charge in [-0.05, 0) is 49.7 Å². The van der Waals surface area contributed by atoms with Crippen LogP contribution in [0.25, 0.3) is 0 Å². The Morgan fingerprint density at radius 3 is 2.77 bits per heavy atom. The van der Waals surface area contributed by atoms with Crippen LogP contribution in [0.5, 0.6) is 0 Å². The van der Waals surface area contributed by atoms with Gasteiger partial charge in [0.25, 0.3) is 0 Å². The summed E-state index contributed by atoms with van der Waals surface area (Å²) in [6.07, 6.45) is 4.22. The molecule has 22 heavy (non-hydrogen) atoms. The van der Waals surface area contributed by atoms with Gasteiger partial charge in [0, 0.05) is 25.9 Å². The first-order valence-electron chi connectivity index (χ1n) is 8.10. The lowest BCUT2D eigenvalue weighted by molar-refractivity contribution is -0.137. The third kappa shape index (κ3) is 4.86. The zero-order valence-electron chi connectivity index (χ0n) is 13.3. The van der Waals surface area contributed by atoms with E-state index in [2.05, 4.69) is 19.1 Å². The van der Waals surface area contributed by atoms with Crippen LogP contribution in [0.4, 0.5) is 0 Å². The largest absolute Gasteiger partial charge is 0.481 e. The first-order chi connectivity index (χ1) is 10.6. The minimum atomic E-state index is -0.747. The summed E-state index contributed by atoms with van der Waals surface area (Å²) in [6.45, 7) is 3.61. The lowest BCUT2D eigenvalue weighted by atomic mass is 9.93. The normalized spacial score (nSPS) is 18.2. The van der Waals surface area contributed by atoms with E-state index in [0.717, 1.165) is 32.4 Å². The zero-order valence-corrected chi connectivity index (χ0v) is 13.3. The third-order valence-electron chi connectivity index (χ3n) is 4.51. The topological polar surface area (TPSA) is 57.6 Å². The van der Waals surface area contributed by atoms with Gasteiger partial charge in [-0.1, -0.05) is 24.3 Å². The molecular weight excluding hydrogens is 278 g/mol. The molecule has 0 unspecified atom stereocenters. The highest BCUT2D eigenvalue weighted by Crippen LogP contribution is 2.22. The van der Waals surface area contributed by atoms with Crippen LogP contribution < -0.4 is 0 Å². The van der Waals surface area contributed by atoms with E-state index in [0.29, 0.717) is 18.8 Å². The predicted octanol–water partition coefficient (Wildman–Crippen LogP) is 3.03. The van der Waals surface area contributed by atoms with Crippen LogP contribution in [-0.4, -0.2) is 35.0 Å². The summed E-state index contributed by atoms with van der Waals surface area (Å²) in [6, 6.07) is 8.17. The number of carbonyl (C=O) groups is 2. The molecule has 0 radical (unpaired) electrons. The number of carbonyl (C=O) groups excluding carboxylic acids is 1. The first kappa shape index (κ1) is 16.5. The minimum Gasteiger partial charge on any atom is -0.481 e. The van der Waals surface area contributed by atoms with Gasteiger partial charge in [0.05, 0.1) is 0 Å². The van der Waals surface area contributed by atoms with Crippen molar-refractivity contribution < 1.29 is 14.7 Å². The summed E-state index contributed by atoms with van der Waals surface area (Å²) >= 11 is 0. The van der Waals surface area contributed by atoms with Crippen molar-refractivity contribution in [3.8, 4) is 0 Å². The molecule has 4 heteroatoms. The van der Waals surface area contributed by atoms with Crippen LogP contribution in [-0.2, 0) is 16.0 Å². The number of carboxylic acids is 1. The molecular formula is C18H25NO3. The molecule has 0 aliphatic carbocycles. The average molecular weight is 303 g/mol. The SMILES string of the molecule is Cc1ccccc1CCC(=O)N1CCC[C@@H](CCC(=O)O)C1. The van der Waals surface area contributed by atoms with Crippen LogP contribution in [0.15, 0.2) is 24.3 Å². The van der Waals surface area contributed by atoms with E-state index in [1.165, 1.54) is 11.1 Å². The molecule has 0 bridgehead atoms. The van der Waals surface area contributed by atoms with Gasteiger partial charge >= 0.3 is 5.97 Å². The van der Waals surface area contributed by atoms with E-state index in [1.807, 2.05) is 17.0 Å². The fourth-order valence-corrected chi connectivity index (χ4v) is 3.15. The molecule has 0 aromatic heterocycles. The van der Waals surface area contributed by atoms with Crippen molar-refractivity contribution in [1.82, 2.24) is 4.90 Å². The number of amides is 1. The summed E-state index contributed by atoms with van der Waals surface area (Å²) < 4.78 is 0. The minimum absolute atomic E-state index is 0.197. The summed E-state index contributed by atoms with van der Waals surface area (Å²) in [5, 5.41) is 8.77. The van der Waals surface area contributed by atoms with Gasteiger partial charge in [-0.3, -0.25) is 9.59 Å². The van der Waals surface area contributed by atoms with Gasteiger partial charge in [0.2, 0.25) is 5.91 Å². The number of aryl methyl sites for hydroxylation is 2. The quantitative estimate of drug-likeness (QED) is 0.879. The molecule has 1 aliphatic rings. The molecule has 2 rings (SSSR count). The Morgan fingerprint density at radius 2 is 2.05 bits per heavy atom. The van der Waals surface area contributed by atoms with Crippen molar-refractivity contribution in [3.05, 3.63) is 35.4 Å². The molecule has 1 aliphatic heterocycles. The number of carboxylic acid groups (broad SMARTS) is 1. The maximum absolute atomic E-state index is 12.4. The molecule has 1 fully saturated rings. The molecule has 1 amide bonds. The smallest absolute Gasteiger partial charge is 0.303 e. The summed E-state index contributed by atoms with van der Waals surface area (Å²) in [5.74, 6) is -0.210. The molecule has 1 saturated heterocycles. The highest BCUT2D eigenvalue weighted by molar-refractivity contribution is 5.76. The van der Waals surface area contributed by atoms with Crippen molar-refractivity contribution in [2.24, 2.45) is 5.92 Å². The molecule has 1 atom stereocenters. The monoisotopic (exact) mass is 303 g/mol. The van der Waals surface area contributed by atoms with E-state index < -0.39 is 5.97 Å². The van der Waals surface area contributed by atoms with Crippen LogP contribution >= 0.6 is 0 Å². The number of rotatable bonds is 6. The highest BCUT2D eigenvalue weighted by atomic mass is 16.4. The Hall–Kier alpha value is -1.84. The van der Waals surface area contributed by atoms with Crippen molar-refractivity contribution in [2.75, 3.05) is 13.1 Å². The average Bonchev–Trinajstić information content (AvgIpc) is 2.52. The molecule has 0 spiro atoms. The van der Waals surface area contributed by atoms with Gasteiger partial charge in [-0.15, -0.1) is 0 Å². The highest BCUT2D eigenvalue weighted by Gasteiger charge is 2.23. The van der Waals surface area contributed by atoms with Crippen LogP contribution in [0, 0.1) is 12.8 Å². The maximum atomic E-state index is 12.4. The Morgan fingerprint density at radius 1 is 1.27 bits per heavy atom. The van der Waals surface area contributed by atoms with E-state index in [1.54, 1.807) is 0 Å². The van der Waals surface area contributed by atoms with Gasteiger partial charge in [0.1, 0.15) is 0 Å². The second-order valence-electron chi connectivity index (χ2n) is 6.21. The lowest BCUT2D eigenvalue weighted by Crippen LogP contribution is -2.40. The summed E-state index contributed by atoms with van der Waals surface area (Å²) in [5.41, 5.74) is 2.46. The standard InChI is InChI=1S/C18H25NO3/c1-14-5-2-3-7-16(14)9-10-17(20)19-12-4-6-15(13-19)8-11-18(21)22/h2-3,5,7,15H,4,6,8-13H2,1H3,(H,21,22)/t15-/m0/s1. The van der Waals surface area contributed by atoms with Gasteiger partial charge in [0.15, 0.2) is 0 Å². The van der Waals surface area contributed by atoms with Crippen molar-refractivity contribution in [3.63, 3.8) is 0 Å². The third-order valence-corrected chi connectivity index (χ3v) is 4.51.